The van der Waals surface area contributed by atoms with Gasteiger partial charge in [0.1, 0.15) is 17.0 Å². The van der Waals surface area contributed by atoms with Crippen molar-refractivity contribution in [2.45, 2.75) is 12.3 Å². The Hall–Kier alpha value is -1.53. The lowest BCUT2D eigenvalue weighted by Gasteiger charge is -2.12. The molecule has 1 unspecified atom stereocenters. The number of hydrogen-bond acceptors (Lipinski definition) is 2. The molecular weight excluding hydrogens is 364 g/mol. The standard InChI is InChI=1S/C14H9BrClF2N3/c1-7(16)14-20-11-6-19-3-2-12(11)21(14)13-9(17)4-8(15)5-10(13)18/h2-7H,1H3. The Morgan fingerprint density at radius 3 is 2.57 bits per heavy atom. The summed E-state index contributed by atoms with van der Waals surface area (Å²) in [5, 5.41) is -0.514. The molecular formula is C14H9BrClF2N3. The normalized spacial score (nSPS) is 12.8. The van der Waals surface area contributed by atoms with Crippen LogP contribution in [-0.4, -0.2) is 14.5 Å². The van der Waals surface area contributed by atoms with Gasteiger partial charge in [0.15, 0.2) is 11.6 Å². The number of imidazole rings is 1. The number of nitrogens with zero attached hydrogens (tertiary/aromatic N) is 3. The summed E-state index contributed by atoms with van der Waals surface area (Å²) in [7, 11) is 0. The third kappa shape index (κ3) is 2.42. The summed E-state index contributed by atoms with van der Waals surface area (Å²) in [5.74, 6) is -1.03. The molecule has 0 aliphatic rings. The third-order valence-electron chi connectivity index (χ3n) is 3.04. The molecule has 21 heavy (non-hydrogen) atoms. The largest absolute Gasteiger partial charge is 0.289 e. The highest BCUT2D eigenvalue weighted by atomic mass is 79.9. The Morgan fingerprint density at radius 1 is 1.29 bits per heavy atom. The molecule has 3 aromatic rings. The number of benzene rings is 1. The second-order valence-corrected chi connectivity index (χ2v) is 6.07. The van der Waals surface area contributed by atoms with Crippen LogP contribution in [0.4, 0.5) is 8.78 Å². The van der Waals surface area contributed by atoms with E-state index in [9.17, 15) is 8.78 Å². The lowest BCUT2D eigenvalue weighted by molar-refractivity contribution is 0.566. The maximum atomic E-state index is 14.3. The first-order chi connectivity index (χ1) is 9.99. The van der Waals surface area contributed by atoms with E-state index < -0.39 is 17.0 Å². The molecule has 0 amide bonds. The zero-order valence-electron chi connectivity index (χ0n) is 10.8. The minimum absolute atomic E-state index is 0.200. The molecule has 0 saturated carbocycles. The van der Waals surface area contributed by atoms with Gasteiger partial charge < -0.3 is 0 Å². The number of aromatic nitrogens is 3. The average Bonchev–Trinajstić information content (AvgIpc) is 2.77. The number of halogens is 4. The van der Waals surface area contributed by atoms with Crippen LogP contribution >= 0.6 is 27.5 Å². The van der Waals surface area contributed by atoms with E-state index in [1.165, 1.54) is 29.1 Å². The fourth-order valence-electron chi connectivity index (χ4n) is 2.20. The van der Waals surface area contributed by atoms with Crippen molar-refractivity contribution in [2.75, 3.05) is 0 Å². The lowest BCUT2D eigenvalue weighted by Crippen LogP contribution is -2.07. The second-order valence-electron chi connectivity index (χ2n) is 4.50. The Morgan fingerprint density at radius 2 is 1.95 bits per heavy atom. The summed E-state index contributed by atoms with van der Waals surface area (Å²) in [6.45, 7) is 1.70. The van der Waals surface area contributed by atoms with Crippen LogP contribution in [0.2, 0.25) is 0 Å². The molecule has 0 saturated heterocycles. The fraction of sp³-hybridized carbons (Fsp3) is 0.143. The van der Waals surface area contributed by atoms with E-state index in [1.54, 1.807) is 13.0 Å². The zero-order chi connectivity index (χ0) is 15.1. The maximum Gasteiger partial charge on any atom is 0.151 e. The molecule has 2 aromatic heterocycles. The van der Waals surface area contributed by atoms with Crippen molar-refractivity contribution in [3.8, 4) is 5.69 Å². The van der Waals surface area contributed by atoms with Crippen molar-refractivity contribution in [2.24, 2.45) is 0 Å². The summed E-state index contributed by atoms with van der Waals surface area (Å²) in [6.07, 6.45) is 3.07. The third-order valence-corrected chi connectivity index (χ3v) is 3.70. The monoisotopic (exact) mass is 371 g/mol. The molecule has 0 radical (unpaired) electrons. The van der Waals surface area contributed by atoms with Gasteiger partial charge in [0, 0.05) is 10.7 Å². The van der Waals surface area contributed by atoms with E-state index in [2.05, 4.69) is 25.9 Å². The summed E-state index contributed by atoms with van der Waals surface area (Å²) in [5.41, 5.74) is 0.878. The molecule has 7 heteroatoms. The van der Waals surface area contributed by atoms with Gasteiger partial charge in [-0.2, -0.15) is 0 Å². The quantitative estimate of drug-likeness (QED) is 0.607. The highest BCUT2D eigenvalue weighted by molar-refractivity contribution is 9.10. The minimum atomic E-state index is -0.698. The van der Waals surface area contributed by atoms with E-state index in [-0.39, 0.29) is 5.69 Å². The summed E-state index contributed by atoms with van der Waals surface area (Å²) >= 11 is 9.17. The van der Waals surface area contributed by atoms with E-state index in [4.69, 9.17) is 11.6 Å². The van der Waals surface area contributed by atoms with Crippen LogP contribution in [0.25, 0.3) is 16.7 Å². The maximum absolute atomic E-state index is 14.3. The molecule has 1 atom stereocenters. The number of fused-ring (bicyclic) bond motifs is 1. The first kappa shape index (κ1) is 14.4. The molecule has 0 N–H and O–H groups in total. The molecule has 3 nitrogen and oxygen atoms in total. The van der Waals surface area contributed by atoms with Crippen LogP contribution in [0, 0.1) is 11.6 Å². The van der Waals surface area contributed by atoms with Gasteiger partial charge in [-0.1, -0.05) is 15.9 Å². The van der Waals surface area contributed by atoms with Gasteiger partial charge in [0.25, 0.3) is 0 Å². The predicted molar refractivity (Wildman–Crippen MR) is 80.7 cm³/mol. The van der Waals surface area contributed by atoms with Gasteiger partial charge in [0.2, 0.25) is 0 Å². The highest BCUT2D eigenvalue weighted by Crippen LogP contribution is 2.31. The molecule has 0 aliphatic heterocycles. The predicted octanol–water partition coefficient (Wildman–Crippen LogP) is 4.76. The molecule has 3 rings (SSSR count). The van der Waals surface area contributed by atoms with Crippen molar-refractivity contribution < 1.29 is 8.78 Å². The molecule has 0 spiro atoms. The Bertz CT molecular complexity index is 809. The van der Waals surface area contributed by atoms with Crippen molar-refractivity contribution >= 4 is 38.6 Å². The van der Waals surface area contributed by atoms with Crippen LogP contribution in [0.5, 0.6) is 0 Å². The first-order valence-corrected chi connectivity index (χ1v) is 7.33. The number of rotatable bonds is 2. The molecule has 1 aromatic carbocycles. The molecule has 0 bridgehead atoms. The van der Waals surface area contributed by atoms with Gasteiger partial charge in [-0.25, -0.2) is 13.8 Å². The number of hydrogen-bond donors (Lipinski definition) is 0. The average molecular weight is 373 g/mol. The Kier molecular flexibility index (Phi) is 3.67. The first-order valence-electron chi connectivity index (χ1n) is 6.10. The van der Waals surface area contributed by atoms with Crippen molar-refractivity contribution in [3.05, 3.63) is 52.5 Å². The van der Waals surface area contributed by atoms with E-state index in [0.717, 1.165) is 0 Å². The summed E-state index contributed by atoms with van der Waals surface area (Å²) in [4.78, 5) is 8.28. The molecule has 2 heterocycles. The number of alkyl halides is 1. The van der Waals surface area contributed by atoms with Crippen LogP contribution in [0.1, 0.15) is 18.1 Å². The molecule has 0 fully saturated rings. The Labute approximate surface area is 132 Å². The number of pyridine rings is 1. The molecule has 108 valence electrons. The van der Waals surface area contributed by atoms with Crippen LogP contribution in [0.15, 0.2) is 35.1 Å². The summed E-state index contributed by atoms with van der Waals surface area (Å²) < 4.78 is 30.3. The van der Waals surface area contributed by atoms with Crippen molar-refractivity contribution in [1.82, 2.24) is 14.5 Å². The van der Waals surface area contributed by atoms with E-state index in [1.807, 2.05) is 0 Å². The van der Waals surface area contributed by atoms with Gasteiger partial charge in [-0.3, -0.25) is 9.55 Å². The van der Waals surface area contributed by atoms with Gasteiger partial charge in [0.05, 0.1) is 17.1 Å². The van der Waals surface area contributed by atoms with Crippen LogP contribution in [0.3, 0.4) is 0 Å². The van der Waals surface area contributed by atoms with E-state index >= 15 is 0 Å². The second kappa shape index (κ2) is 5.35. The van der Waals surface area contributed by atoms with Crippen LogP contribution < -0.4 is 0 Å². The Balaban J connectivity index is 2.42. The highest BCUT2D eigenvalue weighted by Gasteiger charge is 2.22. The minimum Gasteiger partial charge on any atom is -0.289 e. The van der Waals surface area contributed by atoms with Gasteiger partial charge >= 0.3 is 0 Å². The smallest absolute Gasteiger partial charge is 0.151 e. The topological polar surface area (TPSA) is 30.7 Å². The lowest BCUT2D eigenvalue weighted by atomic mass is 10.2. The van der Waals surface area contributed by atoms with Gasteiger partial charge in [-0.05, 0) is 25.1 Å². The van der Waals surface area contributed by atoms with Crippen LogP contribution in [-0.2, 0) is 0 Å². The summed E-state index contributed by atoms with van der Waals surface area (Å²) in [6, 6.07) is 4.05. The fourth-order valence-corrected chi connectivity index (χ4v) is 2.75. The van der Waals surface area contributed by atoms with Crippen molar-refractivity contribution in [3.63, 3.8) is 0 Å². The van der Waals surface area contributed by atoms with Crippen molar-refractivity contribution in [1.29, 1.82) is 0 Å². The molecule has 0 aliphatic carbocycles. The zero-order valence-corrected chi connectivity index (χ0v) is 13.2. The van der Waals surface area contributed by atoms with Gasteiger partial charge in [-0.15, -0.1) is 11.6 Å². The van der Waals surface area contributed by atoms with E-state index in [0.29, 0.717) is 21.3 Å². The SMILES string of the molecule is CC(Cl)c1nc2cnccc2n1-c1c(F)cc(Br)cc1F.